The van der Waals surface area contributed by atoms with Crippen molar-refractivity contribution < 1.29 is 0 Å². The molecule has 0 unspecified atom stereocenters. The molecule has 1 heterocycles. The monoisotopic (exact) mass is 273 g/mol. The van der Waals surface area contributed by atoms with Crippen molar-refractivity contribution in [2.75, 3.05) is 11.9 Å². The topological polar surface area (TPSA) is 37.0 Å². The molecule has 0 aromatic carbocycles. The lowest BCUT2D eigenvalue weighted by molar-refractivity contribution is 0.978. The van der Waals surface area contributed by atoms with Crippen LogP contribution in [0.4, 0.5) is 5.82 Å². The standard InChI is InChI=1S/C9H12BrN3S/c1-3-11-9(14)13-8-4-6(2)7(10)5-12-8/h4-5H,3H2,1-2H3,(H2,11,12,13,14). The number of aromatic nitrogens is 1. The molecule has 0 saturated heterocycles. The van der Waals surface area contributed by atoms with E-state index in [9.17, 15) is 0 Å². The summed E-state index contributed by atoms with van der Waals surface area (Å²) in [5, 5.41) is 6.59. The smallest absolute Gasteiger partial charge is 0.171 e. The zero-order valence-corrected chi connectivity index (χ0v) is 10.5. The molecule has 14 heavy (non-hydrogen) atoms. The molecule has 0 bridgehead atoms. The summed E-state index contributed by atoms with van der Waals surface area (Å²) < 4.78 is 0.998. The van der Waals surface area contributed by atoms with Gasteiger partial charge in [0.1, 0.15) is 5.82 Å². The molecule has 5 heteroatoms. The quantitative estimate of drug-likeness (QED) is 0.812. The van der Waals surface area contributed by atoms with Crippen LogP contribution in [0.3, 0.4) is 0 Å². The average molecular weight is 274 g/mol. The van der Waals surface area contributed by atoms with E-state index in [4.69, 9.17) is 12.2 Å². The summed E-state index contributed by atoms with van der Waals surface area (Å²) in [7, 11) is 0. The van der Waals surface area contributed by atoms with Gasteiger partial charge in [0.2, 0.25) is 0 Å². The van der Waals surface area contributed by atoms with E-state index in [0.29, 0.717) is 5.11 Å². The lowest BCUT2D eigenvalue weighted by atomic mass is 10.3. The molecule has 0 saturated carbocycles. The number of thiocarbonyl (C=S) groups is 1. The van der Waals surface area contributed by atoms with Crippen molar-refractivity contribution in [3.63, 3.8) is 0 Å². The van der Waals surface area contributed by atoms with Crippen molar-refractivity contribution in [3.8, 4) is 0 Å². The van der Waals surface area contributed by atoms with Crippen molar-refractivity contribution in [1.82, 2.24) is 10.3 Å². The molecule has 0 aliphatic rings. The highest BCUT2D eigenvalue weighted by atomic mass is 79.9. The van der Waals surface area contributed by atoms with Gasteiger partial charge in [-0.15, -0.1) is 0 Å². The zero-order valence-electron chi connectivity index (χ0n) is 8.10. The average Bonchev–Trinajstić information content (AvgIpc) is 2.12. The summed E-state index contributed by atoms with van der Waals surface area (Å²) in [5.41, 5.74) is 1.13. The number of hydrogen-bond acceptors (Lipinski definition) is 2. The van der Waals surface area contributed by atoms with Crippen LogP contribution in [0.1, 0.15) is 12.5 Å². The van der Waals surface area contributed by atoms with Crippen molar-refractivity contribution in [1.29, 1.82) is 0 Å². The minimum Gasteiger partial charge on any atom is -0.363 e. The van der Waals surface area contributed by atoms with Gasteiger partial charge < -0.3 is 10.6 Å². The molecule has 1 rings (SSSR count). The Labute approximate surface area is 97.4 Å². The van der Waals surface area contributed by atoms with E-state index in [1.54, 1.807) is 6.20 Å². The SMILES string of the molecule is CCNC(=S)Nc1cc(C)c(Br)cn1. The Bertz CT molecular complexity index is 341. The Morgan fingerprint density at radius 1 is 1.64 bits per heavy atom. The summed E-state index contributed by atoms with van der Waals surface area (Å²) in [6.07, 6.45) is 1.76. The Kier molecular flexibility index (Phi) is 4.28. The third-order valence-corrected chi connectivity index (χ3v) is 2.70. The summed E-state index contributed by atoms with van der Waals surface area (Å²) in [6, 6.07) is 1.94. The third-order valence-electron chi connectivity index (χ3n) is 1.63. The first kappa shape index (κ1) is 11.4. The van der Waals surface area contributed by atoms with Gasteiger partial charge in [0.05, 0.1) is 0 Å². The third kappa shape index (κ3) is 3.23. The molecule has 0 aliphatic heterocycles. The molecule has 1 aromatic heterocycles. The van der Waals surface area contributed by atoms with E-state index in [1.807, 2.05) is 19.9 Å². The Morgan fingerprint density at radius 2 is 2.36 bits per heavy atom. The first-order valence-electron chi connectivity index (χ1n) is 4.30. The number of rotatable bonds is 2. The molecule has 76 valence electrons. The van der Waals surface area contributed by atoms with Gasteiger partial charge in [0.15, 0.2) is 5.11 Å². The fourth-order valence-corrected chi connectivity index (χ4v) is 1.39. The van der Waals surface area contributed by atoms with Crippen LogP contribution in [-0.2, 0) is 0 Å². The summed E-state index contributed by atoms with van der Waals surface area (Å²) >= 11 is 8.42. The van der Waals surface area contributed by atoms with Crippen molar-refractivity contribution in [3.05, 3.63) is 22.3 Å². The predicted octanol–water partition coefficient (Wildman–Crippen LogP) is 2.46. The minimum atomic E-state index is 0.599. The molecule has 0 aliphatic carbocycles. The highest BCUT2D eigenvalue weighted by Gasteiger charge is 2.00. The number of halogens is 1. The molecule has 3 nitrogen and oxygen atoms in total. The molecular weight excluding hydrogens is 262 g/mol. The Hall–Kier alpha value is -0.680. The van der Waals surface area contributed by atoms with Crippen molar-refractivity contribution >= 4 is 39.1 Å². The second-order valence-corrected chi connectivity index (χ2v) is 4.07. The second kappa shape index (κ2) is 5.26. The number of anilines is 1. The normalized spacial score (nSPS) is 9.64. The van der Waals surface area contributed by atoms with Gasteiger partial charge in [-0.05, 0) is 53.6 Å². The van der Waals surface area contributed by atoms with E-state index in [-0.39, 0.29) is 0 Å². The number of aryl methyl sites for hydroxylation is 1. The Morgan fingerprint density at radius 3 is 2.93 bits per heavy atom. The maximum Gasteiger partial charge on any atom is 0.171 e. The number of nitrogens with zero attached hydrogens (tertiary/aromatic N) is 1. The molecular formula is C9H12BrN3S. The van der Waals surface area contributed by atoms with Gasteiger partial charge in [-0.2, -0.15) is 0 Å². The maximum absolute atomic E-state index is 5.04. The second-order valence-electron chi connectivity index (χ2n) is 2.80. The van der Waals surface area contributed by atoms with E-state index in [0.717, 1.165) is 22.4 Å². The van der Waals surface area contributed by atoms with Crippen LogP contribution in [0.15, 0.2) is 16.7 Å². The van der Waals surface area contributed by atoms with Crippen LogP contribution in [0.5, 0.6) is 0 Å². The summed E-state index contributed by atoms with van der Waals surface area (Å²) in [5.74, 6) is 0.761. The number of hydrogen-bond donors (Lipinski definition) is 2. The van der Waals surface area contributed by atoms with Crippen LogP contribution in [-0.4, -0.2) is 16.6 Å². The van der Waals surface area contributed by atoms with Gasteiger partial charge >= 0.3 is 0 Å². The van der Waals surface area contributed by atoms with Crippen molar-refractivity contribution in [2.24, 2.45) is 0 Å². The lowest BCUT2D eigenvalue weighted by Crippen LogP contribution is -2.28. The molecule has 0 radical (unpaired) electrons. The predicted molar refractivity (Wildman–Crippen MR) is 66.6 cm³/mol. The van der Waals surface area contributed by atoms with Gasteiger partial charge in [0, 0.05) is 17.2 Å². The fourth-order valence-electron chi connectivity index (χ4n) is 0.929. The maximum atomic E-state index is 5.04. The van der Waals surface area contributed by atoms with Crippen molar-refractivity contribution in [2.45, 2.75) is 13.8 Å². The van der Waals surface area contributed by atoms with Crippen LogP contribution in [0.2, 0.25) is 0 Å². The lowest BCUT2D eigenvalue weighted by Gasteiger charge is -2.08. The molecule has 0 fully saturated rings. The highest BCUT2D eigenvalue weighted by Crippen LogP contribution is 2.16. The number of nitrogens with one attached hydrogen (secondary N) is 2. The number of pyridine rings is 1. The Balaban J connectivity index is 2.68. The summed E-state index contributed by atoms with van der Waals surface area (Å²) in [4.78, 5) is 4.18. The van der Waals surface area contributed by atoms with E-state index in [2.05, 4.69) is 31.5 Å². The molecule has 0 amide bonds. The highest BCUT2D eigenvalue weighted by molar-refractivity contribution is 9.10. The van der Waals surface area contributed by atoms with Crippen LogP contribution >= 0.6 is 28.1 Å². The minimum absolute atomic E-state index is 0.599. The van der Waals surface area contributed by atoms with Crippen LogP contribution in [0, 0.1) is 6.92 Å². The van der Waals surface area contributed by atoms with Gasteiger partial charge in [-0.25, -0.2) is 4.98 Å². The molecule has 2 N–H and O–H groups in total. The van der Waals surface area contributed by atoms with Crippen LogP contribution in [0.25, 0.3) is 0 Å². The van der Waals surface area contributed by atoms with E-state index < -0.39 is 0 Å². The first-order chi connectivity index (χ1) is 6.63. The van der Waals surface area contributed by atoms with E-state index >= 15 is 0 Å². The van der Waals surface area contributed by atoms with Gasteiger partial charge in [-0.1, -0.05) is 0 Å². The molecule has 0 spiro atoms. The molecule has 0 atom stereocenters. The van der Waals surface area contributed by atoms with Crippen LogP contribution < -0.4 is 10.6 Å². The first-order valence-corrected chi connectivity index (χ1v) is 5.50. The molecule has 1 aromatic rings. The zero-order chi connectivity index (χ0) is 10.6. The van der Waals surface area contributed by atoms with Gasteiger partial charge in [0.25, 0.3) is 0 Å². The van der Waals surface area contributed by atoms with Gasteiger partial charge in [-0.3, -0.25) is 0 Å². The summed E-state index contributed by atoms with van der Waals surface area (Å²) in [6.45, 7) is 4.81. The fraction of sp³-hybridized carbons (Fsp3) is 0.333. The largest absolute Gasteiger partial charge is 0.363 e. The van der Waals surface area contributed by atoms with E-state index in [1.165, 1.54) is 0 Å².